The summed E-state index contributed by atoms with van der Waals surface area (Å²) in [5.74, 6) is 0.342. The lowest BCUT2D eigenvalue weighted by molar-refractivity contribution is -0.117. The highest BCUT2D eigenvalue weighted by atomic mass is 127. The molecule has 0 aliphatic carbocycles. The van der Waals surface area contributed by atoms with Gasteiger partial charge < -0.3 is 9.47 Å². The SMILES string of the molecule is CCOc1cc(/C=C2/C(=O)NN(c3ccccc3)C2=O)cc(I)c1OCc1ccccc1. The van der Waals surface area contributed by atoms with Crippen LogP contribution in [-0.2, 0) is 16.2 Å². The fourth-order valence-electron chi connectivity index (χ4n) is 3.29. The molecule has 3 aromatic carbocycles. The smallest absolute Gasteiger partial charge is 0.282 e. The number of anilines is 1. The minimum Gasteiger partial charge on any atom is -0.490 e. The van der Waals surface area contributed by atoms with Gasteiger partial charge in [-0.3, -0.25) is 15.0 Å². The van der Waals surface area contributed by atoms with Crippen molar-refractivity contribution >= 4 is 46.2 Å². The second kappa shape index (κ2) is 9.86. The number of hydrogen-bond donors (Lipinski definition) is 1. The highest BCUT2D eigenvalue weighted by Crippen LogP contribution is 2.36. The number of hydrogen-bond acceptors (Lipinski definition) is 4. The lowest BCUT2D eigenvalue weighted by atomic mass is 10.1. The molecule has 2 amide bonds. The monoisotopic (exact) mass is 540 g/mol. The Kier molecular flexibility index (Phi) is 6.75. The molecular weight excluding hydrogens is 519 g/mol. The van der Waals surface area contributed by atoms with Crippen molar-refractivity contribution in [3.05, 3.63) is 93.1 Å². The molecule has 1 fully saturated rings. The summed E-state index contributed by atoms with van der Waals surface area (Å²) in [5.41, 5.74) is 5.00. The Morgan fingerprint density at radius 3 is 2.34 bits per heavy atom. The second-order valence-electron chi connectivity index (χ2n) is 7.01. The molecule has 1 aliphatic heterocycles. The summed E-state index contributed by atoms with van der Waals surface area (Å²) in [6.45, 7) is 2.76. The molecule has 0 spiro atoms. The molecule has 1 saturated heterocycles. The van der Waals surface area contributed by atoms with Gasteiger partial charge in [-0.2, -0.15) is 0 Å². The third-order valence-electron chi connectivity index (χ3n) is 4.77. The van der Waals surface area contributed by atoms with Gasteiger partial charge in [0.15, 0.2) is 11.5 Å². The maximum Gasteiger partial charge on any atom is 0.282 e. The van der Waals surface area contributed by atoms with Crippen molar-refractivity contribution in [1.82, 2.24) is 5.43 Å². The lowest BCUT2D eigenvalue weighted by Gasteiger charge is -2.15. The molecule has 1 heterocycles. The first-order valence-electron chi connectivity index (χ1n) is 10.1. The first kappa shape index (κ1) is 21.9. The van der Waals surface area contributed by atoms with E-state index in [2.05, 4.69) is 28.0 Å². The van der Waals surface area contributed by atoms with Crippen LogP contribution in [0.4, 0.5) is 5.69 Å². The summed E-state index contributed by atoms with van der Waals surface area (Å²) in [6, 6.07) is 22.5. The van der Waals surface area contributed by atoms with Gasteiger partial charge in [0.1, 0.15) is 12.2 Å². The van der Waals surface area contributed by atoms with E-state index in [0.29, 0.717) is 36.0 Å². The molecule has 6 nitrogen and oxygen atoms in total. The van der Waals surface area contributed by atoms with Crippen LogP contribution < -0.4 is 19.9 Å². The normalized spacial score (nSPS) is 14.6. The van der Waals surface area contributed by atoms with E-state index in [9.17, 15) is 9.59 Å². The first-order chi connectivity index (χ1) is 15.6. The quantitative estimate of drug-likeness (QED) is 0.268. The molecule has 0 aromatic heterocycles. The van der Waals surface area contributed by atoms with Crippen LogP contribution in [0.2, 0.25) is 0 Å². The van der Waals surface area contributed by atoms with Gasteiger partial charge in [0.2, 0.25) is 0 Å². The molecule has 0 saturated carbocycles. The topological polar surface area (TPSA) is 67.9 Å². The summed E-state index contributed by atoms with van der Waals surface area (Å²) in [7, 11) is 0. The number of nitrogens with zero attached hydrogens (tertiary/aromatic N) is 1. The van der Waals surface area contributed by atoms with E-state index in [-0.39, 0.29) is 5.57 Å². The third-order valence-corrected chi connectivity index (χ3v) is 5.58. The van der Waals surface area contributed by atoms with E-state index in [1.165, 1.54) is 5.01 Å². The first-order valence-corrected chi connectivity index (χ1v) is 11.2. The number of benzene rings is 3. The standard InChI is InChI=1S/C25H21IN2O4/c1-2-31-22-15-18(14-21(26)23(22)32-16-17-9-5-3-6-10-17)13-20-24(29)27-28(25(20)30)19-11-7-4-8-12-19/h3-15H,2,16H2,1H3,(H,27,29)/b20-13-. The van der Waals surface area contributed by atoms with Gasteiger partial charge in [-0.05, 0) is 71.0 Å². The van der Waals surface area contributed by atoms with Gasteiger partial charge in [-0.15, -0.1) is 0 Å². The van der Waals surface area contributed by atoms with Crippen molar-refractivity contribution in [2.45, 2.75) is 13.5 Å². The summed E-state index contributed by atoms with van der Waals surface area (Å²) in [4.78, 5) is 25.4. The summed E-state index contributed by atoms with van der Waals surface area (Å²) in [5, 5.41) is 1.25. The van der Waals surface area contributed by atoms with E-state index in [0.717, 1.165) is 9.13 Å². The highest BCUT2D eigenvalue weighted by Gasteiger charge is 2.34. The maximum absolute atomic E-state index is 12.9. The number of hydrazine groups is 1. The molecule has 32 heavy (non-hydrogen) atoms. The van der Waals surface area contributed by atoms with Crippen molar-refractivity contribution in [2.24, 2.45) is 0 Å². The van der Waals surface area contributed by atoms with Crippen molar-refractivity contribution < 1.29 is 19.1 Å². The zero-order valence-electron chi connectivity index (χ0n) is 17.4. The maximum atomic E-state index is 12.9. The van der Waals surface area contributed by atoms with Crippen molar-refractivity contribution in [3.63, 3.8) is 0 Å². The fraction of sp³-hybridized carbons (Fsp3) is 0.120. The van der Waals surface area contributed by atoms with Crippen LogP contribution in [0.5, 0.6) is 11.5 Å². The van der Waals surface area contributed by atoms with E-state index in [1.54, 1.807) is 36.4 Å². The number of rotatable bonds is 7. The minimum absolute atomic E-state index is 0.0602. The predicted octanol–water partition coefficient (Wildman–Crippen LogP) is 4.73. The Labute approximate surface area is 199 Å². The number of carbonyl (C=O) groups is 2. The molecular formula is C25H21IN2O4. The summed E-state index contributed by atoms with van der Waals surface area (Å²) >= 11 is 2.17. The van der Waals surface area contributed by atoms with Gasteiger partial charge in [0, 0.05) is 0 Å². The van der Waals surface area contributed by atoms with E-state index in [1.807, 2.05) is 49.4 Å². The van der Waals surface area contributed by atoms with Gasteiger partial charge in [0.25, 0.3) is 11.8 Å². The van der Waals surface area contributed by atoms with Crippen LogP contribution in [0.1, 0.15) is 18.1 Å². The fourth-order valence-corrected chi connectivity index (χ4v) is 4.07. The molecule has 1 aliphatic rings. The van der Waals surface area contributed by atoms with Gasteiger partial charge in [-0.25, -0.2) is 5.01 Å². The molecule has 7 heteroatoms. The zero-order valence-corrected chi connectivity index (χ0v) is 19.5. The molecule has 0 atom stereocenters. The van der Waals surface area contributed by atoms with Crippen molar-refractivity contribution in [3.8, 4) is 11.5 Å². The molecule has 4 rings (SSSR count). The van der Waals surface area contributed by atoms with Crippen LogP contribution in [-0.4, -0.2) is 18.4 Å². The number of amides is 2. The van der Waals surface area contributed by atoms with E-state index in [4.69, 9.17) is 9.47 Å². The van der Waals surface area contributed by atoms with Gasteiger partial charge in [0.05, 0.1) is 15.9 Å². The number of nitrogens with one attached hydrogen (secondary N) is 1. The molecule has 0 unspecified atom stereocenters. The Balaban J connectivity index is 1.61. The Morgan fingerprint density at radius 2 is 1.66 bits per heavy atom. The lowest BCUT2D eigenvalue weighted by Crippen LogP contribution is -2.35. The summed E-state index contributed by atoms with van der Waals surface area (Å²) < 4.78 is 12.7. The zero-order chi connectivity index (χ0) is 22.5. The van der Waals surface area contributed by atoms with E-state index >= 15 is 0 Å². The highest BCUT2D eigenvalue weighted by molar-refractivity contribution is 14.1. The average Bonchev–Trinajstić information content (AvgIpc) is 3.08. The van der Waals surface area contributed by atoms with Gasteiger partial charge in [-0.1, -0.05) is 48.5 Å². The van der Waals surface area contributed by atoms with Crippen LogP contribution in [0.25, 0.3) is 6.08 Å². The molecule has 1 N–H and O–H groups in total. The number of carbonyl (C=O) groups excluding carboxylic acids is 2. The van der Waals surface area contributed by atoms with Gasteiger partial charge >= 0.3 is 0 Å². The number of halogens is 1. The third kappa shape index (κ3) is 4.77. The second-order valence-corrected chi connectivity index (χ2v) is 8.17. The average molecular weight is 540 g/mol. The van der Waals surface area contributed by atoms with Crippen LogP contribution in [0.3, 0.4) is 0 Å². The Bertz CT molecular complexity index is 1160. The Morgan fingerprint density at radius 1 is 0.969 bits per heavy atom. The van der Waals surface area contributed by atoms with Crippen LogP contribution in [0.15, 0.2) is 78.4 Å². The number of para-hydroxylation sites is 1. The molecule has 0 radical (unpaired) electrons. The predicted molar refractivity (Wildman–Crippen MR) is 131 cm³/mol. The van der Waals surface area contributed by atoms with Crippen molar-refractivity contribution in [1.29, 1.82) is 0 Å². The molecule has 3 aromatic rings. The minimum atomic E-state index is -0.448. The summed E-state index contributed by atoms with van der Waals surface area (Å²) in [6.07, 6.45) is 1.58. The van der Waals surface area contributed by atoms with E-state index < -0.39 is 11.8 Å². The van der Waals surface area contributed by atoms with Crippen LogP contribution in [0, 0.1) is 3.57 Å². The number of ether oxygens (including phenoxy) is 2. The largest absolute Gasteiger partial charge is 0.490 e. The molecule has 0 bridgehead atoms. The van der Waals surface area contributed by atoms with Crippen molar-refractivity contribution in [2.75, 3.05) is 11.6 Å². The van der Waals surface area contributed by atoms with Crippen LogP contribution >= 0.6 is 22.6 Å². The Hall–Kier alpha value is -3.33. The molecule has 162 valence electrons.